The van der Waals surface area contributed by atoms with Crippen LogP contribution in [0.25, 0.3) is 10.4 Å². The molecule has 3 aromatic rings. The van der Waals surface area contributed by atoms with Gasteiger partial charge in [-0.25, -0.2) is 0 Å². The first kappa shape index (κ1) is 20.2. The second kappa shape index (κ2) is 7.62. The number of fused-ring (bicyclic) bond motifs is 1. The van der Waals surface area contributed by atoms with E-state index in [2.05, 4.69) is 88.0 Å². The number of rotatable bonds is 4. The summed E-state index contributed by atoms with van der Waals surface area (Å²) in [6.07, 6.45) is 1.16. The third-order valence-corrected chi connectivity index (χ3v) is 7.40. The van der Waals surface area contributed by atoms with Gasteiger partial charge in [-0.2, -0.15) is 0 Å². The molecule has 1 aromatic heterocycles. The Morgan fingerprint density at radius 1 is 1.10 bits per heavy atom. The zero-order valence-electron chi connectivity index (χ0n) is 18.3. The van der Waals surface area contributed by atoms with Gasteiger partial charge in [0.2, 0.25) is 0 Å². The van der Waals surface area contributed by atoms with E-state index in [1.165, 1.54) is 43.3 Å². The molecule has 4 rings (SSSR count). The number of hydrogen-bond donors (Lipinski definition) is 1. The second-order valence-electron chi connectivity index (χ2n) is 9.14. The van der Waals surface area contributed by atoms with Crippen molar-refractivity contribution in [3.63, 3.8) is 0 Å². The van der Waals surface area contributed by atoms with Gasteiger partial charge in [0.15, 0.2) is 0 Å². The Bertz CT molecular complexity index is 1030. The van der Waals surface area contributed by atoms with Crippen LogP contribution in [0.5, 0.6) is 0 Å². The fourth-order valence-electron chi connectivity index (χ4n) is 4.40. The van der Waals surface area contributed by atoms with E-state index in [4.69, 9.17) is 5.73 Å². The zero-order chi connectivity index (χ0) is 20.8. The molecule has 2 heterocycles. The SMILES string of the molecule is Cc1ccc(-c2cc3c(cc2C(C)N)N(Cc2ccccc2C)CCC3(C)C)s1. The predicted octanol–water partition coefficient (Wildman–Crippen LogP) is 6.74. The molecule has 0 aliphatic carbocycles. The average Bonchev–Trinajstić information content (AvgIpc) is 3.11. The first-order valence-electron chi connectivity index (χ1n) is 10.6. The van der Waals surface area contributed by atoms with E-state index in [1.807, 2.05) is 11.3 Å². The maximum absolute atomic E-state index is 6.47. The summed E-state index contributed by atoms with van der Waals surface area (Å²) in [5, 5.41) is 0. The molecule has 0 spiro atoms. The summed E-state index contributed by atoms with van der Waals surface area (Å²) in [5.74, 6) is 0. The van der Waals surface area contributed by atoms with Gasteiger partial charge in [0, 0.05) is 34.6 Å². The molecule has 1 aliphatic heterocycles. The van der Waals surface area contributed by atoms with Crippen molar-refractivity contribution in [1.29, 1.82) is 0 Å². The Labute approximate surface area is 179 Å². The van der Waals surface area contributed by atoms with Crippen LogP contribution in [0.15, 0.2) is 48.5 Å². The van der Waals surface area contributed by atoms with Crippen LogP contribution in [0.3, 0.4) is 0 Å². The summed E-state index contributed by atoms with van der Waals surface area (Å²) in [6.45, 7) is 13.3. The molecule has 29 heavy (non-hydrogen) atoms. The van der Waals surface area contributed by atoms with Gasteiger partial charge in [-0.1, -0.05) is 38.1 Å². The van der Waals surface area contributed by atoms with E-state index in [0.29, 0.717) is 0 Å². The molecule has 2 N–H and O–H groups in total. The highest BCUT2D eigenvalue weighted by Gasteiger charge is 2.33. The molecule has 152 valence electrons. The highest BCUT2D eigenvalue weighted by atomic mass is 32.1. The molecule has 1 atom stereocenters. The van der Waals surface area contributed by atoms with Gasteiger partial charge in [-0.15, -0.1) is 11.3 Å². The molecular formula is C26H32N2S. The van der Waals surface area contributed by atoms with Gasteiger partial charge in [0.1, 0.15) is 0 Å². The lowest BCUT2D eigenvalue weighted by atomic mass is 9.75. The fourth-order valence-corrected chi connectivity index (χ4v) is 5.31. The summed E-state index contributed by atoms with van der Waals surface area (Å²) in [7, 11) is 0. The average molecular weight is 405 g/mol. The topological polar surface area (TPSA) is 29.3 Å². The molecule has 0 saturated heterocycles. The van der Waals surface area contributed by atoms with E-state index in [1.54, 1.807) is 0 Å². The normalized spacial score (nSPS) is 16.6. The largest absolute Gasteiger partial charge is 0.367 e. The van der Waals surface area contributed by atoms with Crippen LogP contribution in [-0.2, 0) is 12.0 Å². The van der Waals surface area contributed by atoms with Gasteiger partial charge in [0.05, 0.1) is 0 Å². The lowest BCUT2D eigenvalue weighted by Gasteiger charge is -2.41. The molecule has 1 unspecified atom stereocenters. The van der Waals surface area contributed by atoms with E-state index in [0.717, 1.165) is 19.5 Å². The van der Waals surface area contributed by atoms with Gasteiger partial charge in [-0.05, 0) is 84.7 Å². The maximum Gasteiger partial charge on any atom is 0.0432 e. The summed E-state index contributed by atoms with van der Waals surface area (Å²) in [6, 6.07) is 18.0. The lowest BCUT2D eigenvalue weighted by Crippen LogP contribution is -2.37. The van der Waals surface area contributed by atoms with Crippen molar-refractivity contribution in [3.8, 4) is 10.4 Å². The van der Waals surface area contributed by atoms with Crippen molar-refractivity contribution < 1.29 is 0 Å². The second-order valence-corrected chi connectivity index (χ2v) is 10.4. The summed E-state index contributed by atoms with van der Waals surface area (Å²) in [5.41, 5.74) is 14.7. The van der Waals surface area contributed by atoms with E-state index in [9.17, 15) is 0 Å². The minimum absolute atomic E-state index is 0.00283. The Morgan fingerprint density at radius 2 is 1.86 bits per heavy atom. The van der Waals surface area contributed by atoms with E-state index >= 15 is 0 Å². The predicted molar refractivity (Wildman–Crippen MR) is 127 cm³/mol. The first-order valence-corrected chi connectivity index (χ1v) is 11.4. The minimum atomic E-state index is 0.00283. The van der Waals surface area contributed by atoms with E-state index in [-0.39, 0.29) is 11.5 Å². The van der Waals surface area contributed by atoms with Gasteiger partial charge in [0.25, 0.3) is 0 Å². The quantitative estimate of drug-likeness (QED) is 0.522. The van der Waals surface area contributed by atoms with Gasteiger partial charge >= 0.3 is 0 Å². The van der Waals surface area contributed by atoms with Crippen molar-refractivity contribution >= 4 is 17.0 Å². The van der Waals surface area contributed by atoms with Crippen molar-refractivity contribution in [1.82, 2.24) is 0 Å². The number of aryl methyl sites for hydroxylation is 2. The van der Waals surface area contributed by atoms with Crippen LogP contribution in [0.1, 0.15) is 60.4 Å². The zero-order valence-corrected chi connectivity index (χ0v) is 19.1. The van der Waals surface area contributed by atoms with Crippen LogP contribution in [-0.4, -0.2) is 6.54 Å². The standard InChI is InChI=1S/C26H32N2S/c1-17-8-6-7-9-20(17)16-28-13-12-26(4,5)23-14-22(25-11-10-18(2)29-25)21(19(3)27)15-24(23)28/h6-11,14-15,19H,12-13,16,27H2,1-5H3. The van der Waals surface area contributed by atoms with Crippen molar-refractivity contribution in [2.75, 3.05) is 11.4 Å². The van der Waals surface area contributed by atoms with Crippen molar-refractivity contribution in [3.05, 3.63) is 75.7 Å². The van der Waals surface area contributed by atoms with Crippen LogP contribution in [0, 0.1) is 13.8 Å². The number of nitrogens with zero attached hydrogens (tertiary/aromatic N) is 1. The molecule has 0 fully saturated rings. The maximum atomic E-state index is 6.47. The van der Waals surface area contributed by atoms with Crippen LogP contribution in [0.4, 0.5) is 5.69 Å². The Morgan fingerprint density at radius 3 is 2.52 bits per heavy atom. The van der Waals surface area contributed by atoms with Gasteiger partial charge < -0.3 is 10.6 Å². The highest BCUT2D eigenvalue weighted by molar-refractivity contribution is 7.15. The van der Waals surface area contributed by atoms with Crippen molar-refractivity contribution in [2.24, 2.45) is 5.73 Å². The summed E-state index contributed by atoms with van der Waals surface area (Å²) in [4.78, 5) is 5.22. The highest BCUT2D eigenvalue weighted by Crippen LogP contribution is 2.45. The van der Waals surface area contributed by atoms with Gasteiger partial charge in [-0.3, -0.25) is 0 Å². The molecule has 3 heteroatoms. The Balaban J connectivity index is 1.85. The summed E-state index contributed by atoms with van der Waals surface area (Å²) >= 11 is 1.86. The number of anilines is 1. The molecule has 0 bridgehead atoms. The fraction of sp³-hybridized carbons (Fsp3) is 0.385. The third-order valence-electron chi connectivity index (χ3n) is 6.36. The first-order chi connectivity index (χ1) is 13.8. The van der Waals surface area contributed by atoms with E-state index < -0.39 is 0 Å². The number of thiophene rings is 1. The summed E-state index contributed by atoms with van der Waals surface area (Å²) < 4.78 is 0. The Kier molecular flexibility index (Phi) is 5.30. The molecule has 0 radical (unpaired) electrons. The smallest absolute Gasteiger partial charge is 0.0432 e. The molecule has 2 aromatic carbocycles. The molecule has 1 aliphatic rings. The number of nitrogens with two attached hydrogens (primary N) is 1. The molecular weight excluding hydrogens is 372 g/mol. The Hall–Kier alpha value is -2.10. The molecule has 0 saturated carbocycles. The van der Waals surface area contributed by atoms with Crippen LogP contribution in [0.2, 0.25) is 0 Å². The monoisotopic (exact) mass is 404 g/mol. The van der Waals surface area contributed by atoms with Crippen LogP contribution < -0.4 is 10.6 Å². The molecule has 2 nitrogen and oxygen atoms in total. The third kappa shape index (κ3) is 3.86. The number of hydrogen-bond acceptors (Lipinski definition) is 3. The number of benzene rings is 2. The minimum Gasteiger partial charge on any atom is -0.367 e. The van der Waals surface area contributed by atoms with Crippen LogP contribution >= 0.6 is 11.3 Å². The molecule has 0 amide bonds. The van der Waals surface area contributed by atoms with Crippen molar-refractivity contribution in [2.45, 2.75) is 59.0 Å². The lowest BCUT2D eigenvalue weighted by molar-refractivity contribution is 0.452.